The Kier molecular flexibility index (Phi) is 10.2. The number of aliphatic hydroxyl groups excluding tert-OH is 1. The fourth-order valence-corrected chi connectivity index (χ4v) is 6.73. The first-order chi connectivity index (χ1) is 20.4. The van der Waals surface area contributed by atoms with Crippen LogP contribution >= 0.6 is 11.3 Å². The molecule has 4 heterocycles. The number of fused-ring (bicyclic) bond motifs is 4. The number of aryl methyl sites for hydroxylation is 2. The number of hydrogen-bond acceptors (Lipinski definition) is 6. The van der Waals surface area contributed by atoms with Crippen molar-refractivity contribution in [1.29, 1.82) is 0 Å². The van der Waals surface area contributed by atoms with Gasteiger partial charge in [0.2, 0.25) is 5.71 Å². The van der Waals surface area contributed by atoms with Crippen LogP contribution in [0.2, 0.25) is 0 Å². The van der Waals surface area contributed by atoms with Crippen LogP contribution < -0.4 is 0 Å². The number of carbonyl (C=O) groups is 1. The molecule has 1 radical (unpaired) electrons. The number of ketones is 1. The number of hydrogen-bond donors (Lipinski definition) is 1. The number of benzene rings is 2. The zero-order valence-electron chi connectivity index (χ0n) is 26.3. The summed E-state index contributed by atoms with van der Waals surface area (Å²) in [6, 6.07) is 21.0. The van der Waals surface area contributed by atoms with Gasteiger partial charge < -0.3 is 14.5 Å². The van der Waals surface area contributed by atoms with E-state index in [9.17, 15) is 4.79 Å². The third kappa shape index (κ3) is 6.70. The van der Waals surface area contributed by atoms with E-state index in [-0.39, 0.29) is 31.6 Å². The minimum absolute atomic E-state index is 0. The Morgan fingerprint density at radius 3 is 2.25 bits per heavy atom. The normalized spacial score (nSPS) is 11.7. The summed E-state index contributed by atoms with van der Waals surface area (Å²) in [6.45, 7) is 16.0. The summed E-state index contributed by atoms with van der Waals surface area (Å²) in [4.78, 5) is 20.8. The molecule has 4 aromatic heterocycles. The minimum Gasteiger partial charge on any atom is -0.512 e. The molecule has 229 valence electrons. The molecule has 0 spiro atoms. The van der Waals surface area contributed by atoms with Crippen molar-refractivity contribution in [3.63, 3.8) is 0 Å². The van der Waals surface area contributed by atoms with E-state index in [0.29, 0.717) is 17.5 Å². The Bertz CT molecular complexity index is 1990. The molecule has 0 saturated carbocycles. The smallest absolute Gasteiger partial charge is 0.216 e. The zero-order valence-corrected chi connectivity index (χ0v) is 29.5. The van der Waals surface area contributed by atoms with Crippen LogP contribution in [-0.2, 0) is 24.9 Å². The molecule has 0 aliphatic heterocycles. The van der Waals surface area contributed by atoms with Crippen molar-refractivity contribution in [2.24, 2.45) is 0 Å². The van der Waals surface area contributed by atoms with E-state index in [1.54, 1.807) is 0 Å². The predicted octanol–water partition coefficient (Wildman–Crippen LogP) is 10.6. The number of carbonyl (C=O) groups excluding carboxylic acids is 1. The fourth-order valence-electron chi connectivity index (χ4n) is 5.49. The summed E-state index contributed by atoms with van der Waals surface area (Å²) >= 11 is 1.82. The molecule has 0 aliphatic carbocycles. The van der Waals surface area contributed by atoms with E-state index < -0.39 is 0 Å². The van der Waals surface area contributed by atoms with Gasteiger partial charge in [-0.15, -0.1) is 29.0 Å². The largest absolute Gasteiger partial charge is 0.512 e. The Morgan fingerprint density at radius 2 is 1.66 bits per heavy atom. The zero-order chi connectivity index (χ0) is 31.0. The molecule has 0 amide bonds. The molecule has 0 fully saturated rings. The van der Waals surface area contributed by atoms with Gasteiger partial charge in [-0.3, -0.25) is 4.79 Å². The summed E-state index contributed by atoms with van der Waals surface area (Å²) in [5, 5.41) is 11.6. The molecule has 6 rings (SSSR count). The molecule has 0 bridgehead atoms. The van der Waals surface area contributed by atoms with Gasteiger partial charge in [-0.05, 0) is 78.9 Å². The van der Waals surface area contributed by atoms with Gasteiger partial charge in [0.05, 0.1) is 11.3 Å². The van der Waals surface area contributed by atoms with Crippen molar-refractivity contribution in [3.8, 4) is 21.7 Å². The SMILES string of the molecule is CC(=O)/C=C(/C)O.Cc1[c-]c(-c2nccc3cc(-c4c(C(C)C)cccc4C(C)C)sc23)c2oc3nc(C)ccc3c2c1.[Ir]. The van der Waals surface area contributed by atoms with Crippen LogP contribution in [0.5, 0.6) is 0 Å². The van der Waals surface area contributed by atoms with E-state index >= 15 is 0 Å². The van der Waals surface area contributed by atoms with Crippen LogP contribution in [-0.4, -0.2) is 20.9 Å². The van der Waals surface area contributed by atoms with Gasteiger partial charge in [0.1, 0.15) is 0 Å². The molecule has 0 aliphatic rings. The summed E-state index contributed by atoms with van der Waals surface area (Å²) < 4.78 is 7.50. The molecule has 2 aromatic carbocycles. The average Bonchev–Trinajstić information content (AvgIpc) is 3.52. The van der Waals surface area contributed by atoms with Gasteiger partial charge >= 0.3 is 0 Å². The van der Waals surface area contributed by atoms with Crippen LogP contribution in [0.15, 0.2) is 71.0 Å². The van der Waals surface area contributed by atoms with Crippen LogP contribution in [0.3, 0.4) is 0 Å². The third-order valence-electron chi connectivity index (χ3n) is 7.35. The second-order valence-corrected chi connectivity index (χ2v) is 12.7. The number of pyridine rings is 2. The summed E-state index contributed by atoms with van der Waals surface area (Å²) in [5.74, 6) is 0.822. The molecular weight excluding hydrogens is 745 g/mol. The molecule has 1 N–H and O–H groups in total. The molecular formula is C37H37IrN2O3S-. The van der Waals surface area contributed by atoms with Crippen molar-refractivity contribution in [3.05, 3.63) is 95.0 Å². The monoisotopic (exact) mass is 782 g/mol. The number of thiophene rings is 1. The van der Waals surface area contributed by atoms with Crippen LogP contribution in [0.1, 0.15) is 75.8 Å². The van der Waals surface area contributed by atoms with Gasteiger partial charge in [0.15, 0.2) is 5.78 Å². The topological polar surface area (TPSA) is 76.2 Å². The quantitative estimate of drug-likeness (QED) is 0.107. The molecule has 6 aromatic rings. The van der Waals surface area contributed by atoms with E-state index in [1.165, 1.54) is 46.9 Å². The van der Waals surface area contributed by atoms with E-state index in [2.05, 4.69) is 88.1 Å². The Morgan fingerprint density at radius 1 is 0.977 bits per heavy atom. The Hall–Kier alpha value is -3.64. The maximum atomic E-state index is 10.0. The van der Waals surface area contributed by atoms with E-state index in [1.807, 2.05) is 30.5 Å². The number of furan rings is 1. The second-order valence-electron chi connectivity index (χ2n) is 11.7. The first-order valence-corrected chi connectivity index (χ1v) is 15.4. The van der Waals surface area contributed by atoms with Crippen LogP contribution in [0.25, 0.3) is 53.9 Å². The fraction of sp³-hybridized carbons (Fsp3) is 0.270. The summed E-state index contributed by atoms with van der Waals surface area (Å²) in [7, 11) is 0. The van der Waals surface area contributed by atoms with Gasteiger partial charge in [0.25, 0.3) is 0 Å². The predicted molar refractivity (Wildman–Crippen MR) is 179 cm³/mol. The number of aliphatic hydroxyl groups is 1. The maximum Gasteiger partial charge on any atom is 0.216 e. The third-order valence-corrected chi connectivity index (χ3v) is 8.52. The van der Waals surface area contributed by atoms with Crippen molar-refractivity contribution < 1.29 is 34.4 Å². The van der Waals surface area contributed by atoms with Crippen molar-refractivity contribution in [1.82, 2.24) is 9.97 Å². The molecule has 0 saturated heterocycles. The molecule has 5 nitrogen and oxygen atoms in total. The molecule has 44 heavy (non-hydrogen) atoms. The van der Waals surface area contributed by atoms with Gasteiger partial charge in [0, 0.05) is 58.7 Å². The Balaban J connectivity index is 0.000000497. The number of allylic oxidation sites excluding steroid dienone is 2. The first-order valence-electron chi connectivity index (χ1n) is 14.6. The maximum absolute atomic E-state index is 10.0. The molecule has 7 heteroatoms. The van der Waals surface area contributed by atoms with Crippen molar-refractivity contribution in [2.45, 2.75) is 67.2 Å². The van der Waals surface area contributed by atoms with E-state index in [4.69, 9.17) is 14.5 Å². The van der Waals surface area contributed by atoms with E-state index in [0.717, 1.165) is 43.6 Å². The summed E-state index contributed by atoms with van der Waals surface area (Å²) in [5.41, 5.74) is 9.45. The Labute approximate surface area is 276 Å². The van der Waals surface area contributed by atoms with Gasteiger partial charge in [-0.25, -0.2) is 4.98 Å². The first kappa shape index (κ1) is 33.3. The number of rotatable bonds is 5. The minimum atomic E-state index is -0.125. The standard InChI is InChI=1S/C32H29N2OS.C5H8O2.Ir/c1-17(2)22-8-7-9-23(18(3)4)28(22)27-16-21-12-13-33-29(31(21)36-27)26-15-19(5)14-25-24-11-10-20(6)34-32(24)35-30(25)26;1-4(6)3-5(2)7;/h7-14,16-18H,1-6H3;3,6H,1-2H3;/q-1;;/b;4-3-;. The summed E-state index contributed by atoms with van der Waals surface area (Å²) in [6.07, 6.45) is 3.07. The van der Waals surface area contributed by atoms with Crippen LogP contribution in [0, 0.1) is 19.9 Å². The van der Waals surface area contributed by atoms with Crippen LogP contribution in [0.4, 0.5) is 0 Å². The number of nitrogens with zero attached hydrogens (tertiary/aromatic N) is 2. The van der Waals surface area contributed by atoms with Gasteiger partial charge in [-0.2, -0.15) is 0 Å². The second kappa shape index (κ2) is 13.6. The van der Waals surface area contributed by atoms with Crippen molar-refractivity contribution in [2.75, 3.05) is 0 Å². The molecule has 0 atom stereocenters. The van der Waals surface area contributed by atoms with Crippen molar-refractivity contribution >= 4 is 49.3 Å². The average molecular weight is 782 g/mol. The van der Waals surface area contributed by atoms with Gasteiger partial charge in [-0.1, -0.05) is 63.8 Å². The molecule has 0 unspecified atom stereocenters. The number of aromatic nitrogens is 2.